The van der Waals surface area contributed by atoms with Crippen LogP contribution < -0.4 is 5.73 Å². The normalized spacial score (nSPS) is 21.6. The Morgan fingerprint density at radius 2 is 2.41 bits per heavy atom. The average Bonchev–Trinajstić information content (AvgIpc) is 2.33. The summed E-state index contributed by atoms with van der Waals surface area (Å²) in [6.07, 6.45) is 7.26. The zero-order valence-corrected chi connectivity index (χ0v) is 10.9. The van der Waals surface area contributed by atoms with Crippen molar-refractivity contribution >= 4 is 11.6 Å². The minimum Gasteiger partial charge on any atom is -0.330 e. The lowest BCUT2D eigenvalue weighted by Crippen LogP contribution is -2.35. The first kappa shape index (κ1) is 12.8. The van der Waals surface area contributed by atoms with Gasteiger partial charge in [-0.3, -0.25) is 9.88 Å². The lowest BCUT2D eigenvalue weighted by atomic mass is 9.94. The lowest BCUT2D eigenvalue weighted by Gasteiger charge is -2.32. The van der Waals surface area contributed by atoms with Crippen molar-refractivity contribution in [1.82, 2.24) is 9.88 Å². The minimum atomic E-state index is 0.759. The van der Waals surface area contributed by atoms with Crippen LogP contribution in [0.4, 0.5) is 0 Å². The third kappa shape index (κ3) is 3.66. The van der Waals surface area contributed by atoms with Crippen LogP contribution in [0.2, 0.25) is 5.02 Å². The van der Waals surface area contributed by atoms with E-state index in [4.69, 9.17) is 17.3 Å². The molecule has 1 fully saturated rings. The third-order valence-electron chi connectivity index (χ3n) is 3.43. The quantitative estimate of drug-likeness (QED) is 0.895. The van der Waals surface area contributed by atoms with Gasteiger partial charge in [-0.05, 0) is 49.9 Å². The average molecular weight is 254 g/mol. The number of piperidine rings is 1. The Bertz CT molecular complexity index is 354. The summed E-state index contributed by atoms with van der Waals surface area (Å²) in [5.41, 5.74) is 6.81. The second kappa shape index (κ2) is 6.34. The zero-order chi connectivity index (χ0) is 12.1. The van der Waals surface area contributed by atoms with Crippen molar-refractivity contribution in [2.45, 2.75) is 25.8 Å². The number of hydrogen-bond acceptors (Lipinski definition) is 3. The van der Waals surface area contributed by atoms with E-state index in [1.807, 2.05) is 12.3 Å². The van der Waals surface area contributed by atoms with Crippen LogP contribution in [0.3, 0.4) is 0 Å². The number of halogens is 1. The van der Waals surface area contributed by atoms with Crippen LogP contribution in [0.1, 0.15) is 24.8 Å². The predicted molar refractivity (Wildman–Crippen MR) is 70.9 cm³/mol. The maximum Gasteiger partial charge on any atom is 0.0634 e. The molecule has 1 aromatic rings. The number of nitrogens with two attached hydrogens (primary N) is 1. The van der Waals surface area contributed by atoms with Gasteiger partial charge in [-0.25, -0.2) is 0 Å². The number of nitrogens with zero attached hydrogens (tertiary/aromatic N) is 2. The molecule has 0 bridgehead atoms. The summed E-state index contributed by atoms with van der Waals surface area (Å²) in [6, 6.07) is 2.01. The standard InChI is InChI=1S/C13H20ClN3/c14-13-8-16-6-4-12(13)10-17-7-1-2-11(9-17)3-5-15/h4,6,8,11H,1-3,5,7,9-10,15H2. The minimum absolute atomic E-state index is 0.759. The SMILES string of the molecule is NCCC1CCCN(Cc2ccncc2Cl)C1. The zero-order valence-electron chi connectivity index (χ0n) is 10.1. The second-order valence-electron chi connectivity index (χ2n) is 4.79. The maximum absolute atomic E-state index is 6.13. The number of aromatic nitrogens is 1. The first-order valence-corrected chi connectivity index (χ1v) is 6.68. The maximum atomic E-state index is 6.13. The van der Waals surface area contributed by atoms with Crippen molar-refractivity contribution < 1.29 is 0 Å². The van der Waals surface area contributed by atoms with E-state index in [9.17, 15) is 0 Å². The molecule has 0 saturated carbocycles. The molecule has 1 aliphatic heterocycles. The van der Waals surface area contributed by atoms with Gasteiger partial charge in [0.1, 0.15) is 0 Å². The molecule has 2 heterocycles. The Balaban J connectivity index is 1.92. The summed E-state index contributed by atoms with van der Waals surface area (Å²) in [5, 5.41) is 0.772. The summed E-state index contributed by atoms with van der Waals surface area (Å²) in [5.74, 6) is 0.759. The van der Waals surface area contributed by atoms with Crippen molar-refractivity contribution in [2.24, 2.45) is 11.7 Å². The molecule has 0 amide bonds. The molecule has 0 radical (unpaired) electrons. The summed E-state index contributed by atoms with van der Waals surface area (Å²) < 4.78 is 0. The fraction of sp³-hybridized carbons (Fsp3) is 0.615. The molecule has 1 unspecified atom stereocenters. The van der Waals surface area contributed by atoms with Crippen LogP contribution in [0.15, 0.2) is 18.5 Å². The molecular formula is C13H20ClN3. The van der Waals surface area contributed by atoms with E-state index in [0.717, 1.165) is 37.0 Å². The molecule has 1 saturated heterocycles. The fourth-order valence-electron chi connectivity index (χ4n) is 2.54. The highest BCUT2D eigenvalue weighted by Gasteiger charge is 2.19. The molecule has 94 valence electrons. The molecule has 4 heteroatoms. The summed E-state index contributed by atoms with van der Waals surface area (Å²) in [4.78, 5) is 6.49. The van der Waals surface area contributed by atoms with Crippen molar-refractivity contribution in [2.75, 3.05) is 19.6 Å². The first-order chi connectivity index (χ1) is 8.29. The molecule has 0 spiro atoms. The van der Waals surface area contributed by atoms with E-state index in [1.54, 1.807) is 6.20 Å². The Labute approximate surface area is 108 Å². The van der Waals surface area contributed by atoms with Crippen LogP contribution in [-0.4, -0.2) is 29.5 Å². The highest BCUT2D eigenvalue weighted by molar-refractivity contribution is 6.31. The molecule has 1 atom stereocenters. The van der Waals surface area contributed by atoms with E-state index in [2.05, 4.69) is 9.88 Å². The van der Waals surface area contributed by atoms with Gasteiger partial charge in [0.15, 0.2) is 0 Å². The molecular weight excluding hydrogens is 234 g/mol. The predicted octanol–water partition coefficient (Wildman–Crippen LogP) is 2.30. The van der Waals surface area contributed by atoms with Crippen molar-refractivity contribution in [3.8, 4) is 0 Å². The van der Waals surface area contributed by atoms with Crippen molar-refractivity contribution in [1.29, 1.82) is 0 Å². The van der Waals surface area contributed by atoms with Gasteiger partial charge < -0.3 is 5.73 Å². The monoisotopic (exact) mass is 253 g/mol. The molecule has 3 nitrogen and oxygen atoms in total. The topological polar surface area (TPSA) is 42.1 Å². The van der Waals surface area contributed by atoms with Crippen LogP contribution in [0.5, 0.6) is 0 Å². The van der Waals surface area contributed by atoms with E-state index in [1.165, 1.54) is 24.9 Å². The molecule has 2 rings (SSSR count). The lowest BCUT2D eigenvalue weighted by molar-refractivity contribution is 0.163. The van der Waals surface area contributed by atoms with Gasteiger partial charge in [0.25, 0.3) is 0 Å². The van der Waals surface area contributed by atoms with E-state index < -0.39 is 0 Å². The summed E-state index contributed by atoms with van der Waals surface area (Å²) in [6.45, 7) is 4.05. The molecule has 1 aromatic heterocycles. The molecule has 17 heavy (non-hydrogen) atoms. The molecule has 2 N–H and O–H groups in total. The Hall–Kier alpha value is -0.640. The summed E-state index contributed by atoms with van der Waals surface area (Å²) >= 11 is 6.13. The van der Waals surface area contributed by atoms with Crippen LogP contribution >= 0.6 is 11.6 Å². The molecule has 1 aliphatic rings. The van der Waals surface area contributed by atoms with Crippen LogP contribution in [0, 0.1) is 5.92 Å². The second-order valence-corrected chi connectivity index (χ2v) is 5.20. The highest BCUT2D eigenvalue weighted by Crippen LogP contribution is 2.22. The van der Waals surface area contributed by atoms with E-state index in [0.29, 0.717) is 0 Å². The Morgan fingerprint density at radius 3 is 3.18 bits per heavy atom. The number of likely N-dealkylation sites (tertiary alicyclic amines) is 1. The summed E-state index contributed by atoms with van der Waals surface area (Å²) in [7, 11) is 0. The number of hydrogen-bond donors (Lipinski definition) is 1. The fourth-order valence-corrected chi connectivity index (χ4v) is 2.72. The van der Waals surface area contributed by atoms with Gasteiger partial charge in [0.05, 0.1) is 5.02 Å². The third-order valence-corrected chi connectivity index (χ3v) is 3.77. The molecule has 0 aromatic carbocycles. The van der Waals surface area contributed by atoms with Gasteiger partial charge in [-0.1, -0.05) is 11.6 Å². The van der Waals surface area contributed by atoms with Crippen molar-refractivity contribution in [3.63, 3.8) is 0 Å². The van der Waals surface area contributed by atoms with Gasteiger partial charge in [0, 0.05) is 25.5 Å². The smallest absolute Gasteiger partial charge is 0.0634 e. The van der Waals surface area contributed by atoms with E-state index >= 15 is 0 Å². The number of pyridine rings is 1. The van der Waals surface area contributed by atoms with Crippen molar-refractivity contribution in [3.05, 3.63) is 29.0 Å². The Morgan fingerprint density at radius 1 is 1.53 bits per heavy atom. The van der Waals surface area contributed by atoms with Gasteiger partial charge in [-0.15, -0.1) is 0 Å². The van der Waals surface area contributed by atoms with Crippen LogP contribution in [-0.2, 0) is 6.54 Å². The van der Waals surface area contributed by atoms with Crippen LogP contribution in [0.25, 0.3) is 0 Å². The van der Waals surface area contributed by atoms with Gasteiger partial charge in [-0.2, -0.15) is 0 Å². The largest absolute Gasteiger partial charge is 0.330 e. The highest BCUT2D eigenvalue weighted by atomic mass is 35.5. The first-order valence-electron chi connectivity index (χ1n) is 6.30. The van der Waals surface area contributed by atoms with Gasteiger partial charge >= 0.3 is 0 Å². The number of rotatable bonds is 4. The van der Waals surface area contributed by atoms with Gasteiger partial charge in [0.2, 0.25) is 0 Å². The Kier molecular flexibility index (Phi) is 4.77. The van der Waals surface area contributed by atoms with E-state index in [-0.39, 0.29) is 0 Å². The molecule has 0 aliphatic carbocycles.